The van der Waals surface area contributed by atoms with Crippen LogP contribution in [0.15, 0.2) is 30.3 Å². The highest BCUT2D eigenvalue weighted by molar-refractivity contribution is 5.26. The minimum absolute atomic E-state index is 0.0754. The quantitative estimate of drug-likeness (QED) is 0.740. The third-order valence-corrected chi connectivity index (χ3v) is 3.31. The van der Waals surface area contributed by atoms with Gasteiger partial charge in [-0.1, -0.05) is 37.3 Å². The first-order valence-electron chi connectivity index (χ1n) is 5.33. The molecular formula is C13H18O2. The van der Waals surface area contributed by atoms with Crippen molar-refractivity contribution >= 4 is 0 Å². The molecule has 15 heavy (non-hydrogen) atoms. The van der Waals surface area contributed by atoms with E-state index in [-0.39, 0.29) is 5.41 Å². The van der Waals surface area contributed by atoms with E-state index in [9.17, 15) is 0 Å². The molecule has 1 heterocycles. The summed E-state index contributed by atoms with van der Waals surface area (Å²) in [6.07, 6.45) is 0.903. The first kappa shape index (κ1) is 10.7. The van der Waals surface area contributed by atoms with Crippen molar-refractivity contribution in [2.24, 2.45) is 0 Å². The average molecular weight is 206 g/mol. The molecular weight excluding hydrogens is 188 g/mol. The van der Waals surface area contributed by atoms with Crippen molar-refractivity contribution in [2.45, 2.75) is 31.5 Å². The van der Waals surface area contributed by atoms with Crippen LogP contribution >= 0.6 is 0 Å². The van der Waals surface area contributed by atoms with Gasteiger partial charge in [0.1, 0.15) is 0 Å². The molecule has 0 spiro atoms. The highest BCUT2D eigenvalue weighted by Crippen LogP contribution is 2.41. The smallest absolute Gasteiger partial charge is 0.166 e. The normalized spacial score (nSPS) is 35.7. The highest BCUT2D eigenvalue weighted by Gasteiger charge is 2.45. The summed E-state index contributed by atoms with van der Waals surface area (Å²) in [4.78, 5) is 0. The maximum Gasteiger partial charge on any atom is 0.166 e. The van der Waals surface area contributed by atoms with Gasteiger partial charge >= 0.3 is 0 Å². The molecule has 0 saturated carbocycles. The summed E-state index contributed by atoms with van der Waals surface area (Å²) >= 11 is 0. The summed E-state index contributed by atoms with van der Waals surface area (Å²) in [6, 6.07) is 10.5. The fourth-order valence-corrected chi connectivity index (χ4v) is 2.28. The molecule has 2 nitrogen and oxygen atoms in total. The minimum Gasteiger partial charge on any atom is -0.353 e. The first-order chi connectivity index (χ1) is 7.08. The lowest BCUT2D eigenvalue weighted by Gasteiger charge is -2.25. The third-order valence-electron chi connectivity index (χ3n) is 3.31. The molecule has 1 aliphatic heterocycles. The van der Waals surface area contributed by atoms with Crippen molar-refractivity contribution in [2.75, 3.05) is 13.7 Å². The van der Waals surface area contributed by atoms with E-state index in [0.717, 1.165) is 13.0 Å². The largest absolute Gasteiger partial charge is 0.353 e. The number of hydrogen-bond acceptors (Lipinski definition) is 2. The van der Waals surface area contributed by atoms with Crippen molar-refractivity contribution in [3.63, 3.8) is 0 Å². The van der Waals surface area contributed by atoms with Crippen LogP contribution in [0.1, 0.15) is 25.8 Å². The Labute approximate surface area is 91.2 Å². The molecule has 2 atom stereocenters. The second-order valence-corrected chi connectivity index (χ2v) is 4.73. The SMILES string of the molecule is COC1(C)C[C@](C)(c2ccccc2)CO1. The lowest BCUT2D eigenvalue weighted by molar-refractivity contribution is -0.178. The van der Waals surface area contributed by atoms with Gasteiger partial charge in [0, 0.05) is 18.9 Å². The fraction of sp³-hybridized carbons (Fsp3) is 0.538. The summed E-state index contributed by atoms with van der Waals surface area (Å²) in [7, 11) is 1.71. The first-order valence-corrected chi connectivity index (χ1v) is 5.33. The summed E-state index contributed by atoms with van der Waals surface area (Å²) in [5.41, 5.74) is 1.40. The Hall–Kier alpha value is -0.860. The zero-order valence-corrected chi connectivity index (χ0v) is 9.62. The molecule has 2 rings (SSSR count). The molecule has 1 saturated heterocycles. The highest BCUT2D eigenvalue weighted by atomic mass is 16.7. The molecule has 82 valence electrons. The minimum atomic E-state index is -0.426. The number of rotatable bonds is 2. The van der Waals surface area contributed by atoms with E-state index in [0.29, 0.717) is 0 Å². The Balaban J connectivity index is 2.24. The second kappa shape index (κ2) is 3.62. The van der Waals surface area contributed by atoms with Crippen molar-refractivity contribution in [1.82, 2.24) is 0 Å². The maximum absolute atomic E-state index is 5.74. The summed E-state index contributed by atoms with van der Waals surface area (Å²) < 4.78 is 11.1. The molecule has 0 aliphatic carbocycles. The molecule has 0 amide bonds. The number of ether oxygens (including phenoxy) is 2. The molecule has 0 aromatic heterocycles. The molecule has 0 bridgehead atoms. The van der Waals surface area contributed by atoms with Gasteiger partial charge in [-0.3, -0.25) is 0 Å². The Morgan fingerprint density at radius 3 is 2.40 bits per heavy atom. The molecule has 0 N–H and O–H groups in total. The monoisotopic (exact) mass is 206 g/mol. The van der Waals surface area contributed by atoms with Crippen LogP contribution in [-0.4, -0.2) is 19.5 Å². The predicted molar refractivity (Wildman–Crippen MR) is 59.8 cm³/mol. The Kier molecular flexibility index (Phi) is 2.57. The van der Waals surface area contributed by atoms with Crippen LogP contribution in [0.25, 0.3) is 0 Å². The van der Waals surface area contributed by atoms with Crippen LogP contribution < -0.4 is 0 Å². The Morgan fingerprint density at radius 2 is 1.87 bits per heavy atom. The van der Waals surface area contributed by atoms with Gasteiger partial charge in [0.25, 0.3) is 0 Å². The lowest BCUT2D eigenvalue weighted by atomic mass is 9.80. The maximum atomic E-state index is 5.74. The number of methoxy groups -OCH3 is 1. The van der Waals surface area contributed by atoms with Gasteiger partial charge < -0.3 is 9.47 Å². The number of hydrogen-bond donors (Lipinski definition) is 0. The van der Waals surface area contributed by atoms with Crippen LogP contribution in [0.3, 0.4) is 0 Å². The topological polar surface area (TPSA) is 18.5 Å². The standard InChI is InChI=1S/C13H18O2/c1-12(11-7-5-4-6-8-11)9-13(2,14-3)15-10-12/h4-8H,9-10H2,1-3H3/t12-,13?/m0/s1. The lowest BCUT2D eigenvalue weighted by Crippen LogP contribution is -2.28. The summed E-state index contributed by atoms with van der Waals surface area (Å²) in [6.45, 7) is 4.95. The average Bonchev–Trinajstić information content (AvgIpc) is 2.59. The fourth-order valence-electron chi connectivity index (χ4n) is 2.28. The van der Waals surface area contributed by atoms with E-state index in [1.54, 1.807) is 7.11 Å². The molecule has 1 fully saturated rings. The molecule has 1 aliphatic rings. The second-order valence-electron chi connectivity index (χ2n) is 4.73. The van der Waals surface area contributed by atoms with E-state index in [2.05, 4.69) is 31.2 Å². The van der Waals surface area contributed by atoms with Gasteiger partial charge in [0.05, 0.1) is 6.61 Å². The van der Waals surface area contributed by atoms with Gasteiger partial charge in [-0.05, 0) is 12.5 Å². The third kappa shape index (κ3) is 1.92. The van der Waals surface area contributed by atoms with Crippen LogP contribution in [0.5, 0.6) is 0 Å². The molecule has 1 unspecified atom stereocenters. The van der Waals surface area contributed by atoms with E-state index in [1.165, 1.54) is 5.56 Å². The molecule has 2 heteroatoms. The van der Waals surface area contributed by atoms with E-state index in [1.807, 2.05) is 13.0 Å². The van der Waals surface area contributed by atoms with Crippen molar-refractivity contribution in [3.05, 3.63) is 35.9 Å². The van der Waals surface area contributed by atoms with Crippen molar-refractivity contribution < 1.29 is 9.47 Å². The molecule has 0 radical (unpaired) electrons. The van der Waals surface area contributed by atoms with E-state index in [4.69, 9.17) is 9.47 Å². The van der Waals surface area contributed by atoms with Gasteiger partial charge in [-0.25, -0.2) is 0 Å². The van der Waals surface area contributed by atoms with Crippen LogP contribution in [0, 0.1) is 0 Å². The van der Waals surface area contributed by atoms with Gasteiger partial charge in [-0.15, -0.1) is 0 Å². The molecule has 1 aromatic rings. The van der Waals surface area contributed by atoms with Crippen LogP contribution in [-0.2, 0) is 14.9 Å². The van der Waals surface area contributed by atoms with Gasteiger partial charge in [0.15, 0.2) is 5.79 Å². The molecule has 1 aromatic carbocycles. The zero-order chi connectivity index (χ0) is 10.9. The Morgan fingerprint density at radius 1 is 1.20 bits per heavy atom. The van der Waals surface area contributed by atoms with Gasteiger partial charge in [-0.2, -0.15) is 0 Å². The predicted octanol–water partition coefficient (Wildman–Crippen LogP) is 2.73. The van der Waals surface area contributed by atoms with Crippen molar-refractivity contribution in [3.8, 4) is 0 Å². The van der Waals surface area contributed by atoms with E-state index < -0.39 is 5.79 Å². The zero-order valence-electron chi connectivity index (χ0n) is 9.62. The van der Waals surface area contributed by atoms with Gasteiger partial charge in [0.2, 0.25) is 0 Å². The Bertz CT molecular complexity index is 336. The summed E-state index contributed by atoms with van der Waals surface area (Å²) in [5, 5.41) is 0. The van der Waals surface area contributed by atoms with Crippen LogP contribution in [0.4, 0.5) is 0 Å². The van der Waals surface area contributed by atoms with Crippen LogP contribution in [0.2, 0.25) is 0 Å². The summed E-state index contributed by atoms with van der Waals surface area (Å²) in [5.74, 6) is -0.426. The van der Waals surface area contributed by atoms with Crippen molar-refractivity contribution in [1.29, 1.82) is 0 Å². The van der Waals surface area contributed by atoms with E-state index >= 15 is 0 Å². The number of benzene rings is 1.